The predicted octanol–water partition coefficient (Wildman–Crippen LogP) is 0.321. The molecule has 0 bridgehead atoms. The quantitative estimate of drug-likeness (QED) is 0.720. The van der Waals surface area contributed by atoms with Crippen LogP contribution in [0.15, 0.2) is 24.3 Å². The first-order chi connectivity index (χ1) is 12.8. The van der Waals surface area contributed by atoms with Crippen LogP contribution in [0.2, 0.25) is 0 Å². The van der Waals surface area contributed by atoms with Crippen LogP contribution in [0.25, 0.3) is 0 Å². The van der Waals surface area contributed by atoms with E-state index < -0.39 is 6.04 Å². The zero-order valence-electron chi connectivity index (χ0n) is 16.6. The molecule has 27 heavy (non-hydrogen) atoms. The van der Waals surface area contributed by atoms with Gasteiger partial charge in [0.1, 0.15) is 0 Å². The number of carbonyl (C=O) groups excluding carboxylic acids is 3. The van der Waals surface area contributed by atoms with Crippen molar-refractivity contribution < 1.29 is 14.4 Å². The van der Waals surface area contributed by atoms with Crippen molar-refractivity contribution in [2.45, 2.75) is 38.8 Å². The van der Waals surface area contributed by atoms with E-state index in [-0.39, 0.29) is 30.3 Å². The fourth-order valence-electron chi connectivity index (χ4n) is 3.23. The van der Waals surface area contributed by atoms with E-state index in [1.54, 1.807) is 14.1 Å². The van der Waals surface area contributed by atoms with Gasteiger partial charge in [0.05, 0.1) is 19.0 Å². The Morgan fingerprint density at radius 3 is 2.44 bits per heavy atom. The normalized spacial score (nSPS) is 19.6. The summed E-state index contributed by atoms with van der Waals surface area (Å²) in [6.07, 6.45) is 0.811. The van der Waals surface area contributed by atoms with E-state index in [1.165, 1.54) is 4.90 Å². The van der Waals surface area contributed by atoms with Gasteiger partial charge in [-0.2, -0.15) is 0 Å². The van der Waals surface area contributed by atoms with Crippen molar-refractivity contribution in [3.63, 3.8) is 0 Å². The number of carbonyl (C=O) groups is 3. The average Bonchev–Trinajstić information content (AvgIpc) is 2.99. The summed E-state index contributed by atoms with van der Waals surface area (Å²) < 4.78 is 0. The molecule has 1 fully saturated rings. The Bertz CT molecular complexity index is 672. The van der Waals surface area contributed by atoms with Gasteiger partial charge in [0.15, 0.2) is 0 Å². The van der Waals surface area contributed by atoms with Crippen LogP contribution < -0.4 is 10.6 Å². The number of benzene rings is 1. The summed E-state index contributed by atoms with van der Waals surface area (Å²) in [5.74, 6) is -0.227. The van der Waals surface area contributed by atoms with Crippen molar-refractivity contribution in [2.24, 2.45) is 0 Å². The second-order valence-corrected chi connectivity index (χ2v) is 7.29. The maximum absolute atomic E-state index is 12.4. The molecule has 7 heteroatoms. The molecule has 1 aromatic rings. The van der Waals surface area contributed by atoms with Gasteiger partial charge in [-0.3, -0.25) is 19.3 Å². The number of hydrogen-bond acceptors (Lipinski definition) is 4. The van der Waals surface area contributed by atoms with Crippen molar-refractivity contribution in [1.82, 2.24) is 20.4 Å². The summed E-state index contributed by atoms with van der Waals surface area (Å²) in [5, 5.41) is 5.84. The third kappa shape index (κ3) is 6.06. The zero-order valence-corrected chi connectivity index (χ0v) is 16.6. The van der Waals surface area contributed by atoms with Gasteiger partial charge in [-0.05, 0) is 25.8 Å². The second kappa shape index (κ2) is 9.50. The number of likely N-dealkylation sites (N-methyl/N-ethyl adjacent to an activating group) is 2. The Hall–Kier alpha value is -2.41. The van der Waals surface area contributed by atoms with Crippen LogP contribution in [0.5, 0.6) is 0 Å². The molecule has 1 heterocycles. The maximum Gasteiger partial charge on any atom is 0.237 e. The fourth-order valence-corrected chi connectivity index (χ4v) is 3.23. The van der Waals surface area contributed by atoms with Crippen LogP contribution in [0, 0.1) is 6.92 Å². The molecule has 2 atom stereocenters. The van der Waals surface area contributed by atoms with Crippen molar-refractivity contribution in [2.75, 3.05) is 33.7 Å². The minimum Gasteiger partial charge on any atom is -0.355 e. The van der Waals surface area contributed by atoms with Crippen molar-refractivity contribution >= 4 is 17.7 Å². The van der Waals surface area contributed by atoms with Gasteiger partial charge >= 0.3 is 0 Å². The predicted molar refractivity (Wildman–Crippen MR) is 104 cm³/mol. The van der Waals surface area contributed by atoms with Crippen molar-refractivity contribution in [3.05, 3.63) is 35.4 Å². The lowest BCUT2D eigenvalue weighted by Crippen LogP contribution is -2.46. The highest BCUT2D eigenvalue weighted by Crippen LogP contribution is 2.18. The van der Waals surface area contributed by atoms with Crippen LogP contribution in [0.3, 0.4) is 0 Å². The van der Waals surface area contributed by atoms with Crippen LogP contribution in [-0.4, -0.2) is 73.3 Å². The number of nitrogens with zero attached hydrogens (tertiary/aromatic N) is 2. The van der Waals surface area contributed by atoms with Gasteiger partial charge in [-0.25, -0.2) is 0 Å². The Morgan fingerprint density at radius 1 is 1.19 bits per heavy atom. The molecule has 1 aromatic carbocycles. The van der Waals surface area contributed by atoms with E-state index in [1.807, 2.05) is 43.0 Å². The summed E-state index contributed by atoms with van der Waals surface area (Å²) >= 11 is 0. The molecule has 2 N–H and O–H groups in total. The summed E-state index contributed by atoms with van der Waals surface area (Å²) in [6, 6.07) is 7.31. The maximum atomic E-state index is 12.4. The molecule has 1 saturated heterocycles. The van der Waals surface area contributed by atoms with E-state index in [0.29, 0.717) is 25.9 Å². The van der Waals surface area contributed by atoms with Gasteiger partial charge < -0.3 is 15.5 Å². The minimum atomic E-state index is -0.404. The van der Waals surface area contributed by atoms with Crippen LogP contribution in [0.4, 0.5) is 0 Å². The molecule has 0 aliphatic carbocycles. The second-order valence-electron chi connectivity index (χ2n) is 7.29. The molecule has 0 aromatic heterocycles. The fraction of sp³-hybridized carbons (Fsp3) is 0.550. The third-order valence-corrected chi connectivity index (χ3v) is 4.74. The first-order valence-corrected chi connectivity index (χ1v) is 9.37. The number of hydrogen-bond donors (Lipinski definition) is 2. The zero-order chi connectivity index (χ0) is 20.0. The molecular formula is C20H30N4O3. The van der Waals surface area contributed by atoms with Gasteiger partial charge in [0, 0.05) is 33.2 Å². The Morgan fingerprint density at radius 2 is 1.85 bits per heavy atom. The minimum absolute atomic E-state index is 0.0593. The van der Waals surface area contributed by atoms with Gasteiger partial charge in [-0.15, -0.1) is 0 Å². The van der Waals surface area contributed by atoms with Crippen LogP contribution in [0.1, 0.15) is 24.5 Å². The van der Waals surface area contributed by atoms with Crippen LogP contribution in [-0.2, 0) is 20.8 Å². The first-order valence-electron chi connectivity index (χ1n) is 9.37. The topological polar surface area (TPSA) is 81.8 Å². The lowest BCUT2D eigenvalue weighted by Gasteiger charge is -2.24. The van der Waals surface area contributed by atoms with Gasteiger partial charge in [0.25, 0.3) is 0 Å². The monoisotopic (exact) mass is 374 g/mol. The molecule has 1 aliphatic heterocycles. The van der Waals surface area contributed by atoms with E-state index in [9.17, 15) is 14.4 Å². The molecule has 2 rings (SSSR count). The molecule has 0 spiro atoms. The number of likely N-dealkylation sites (tertiary alicyclic amines) is 1. The highest BCUT2D eigenvalue weighted by atomic mass is 16.2. The number of amides is 3. The van der Waals surface area contributed by atoms with E-state index in [0.717, 1.165) is 11.1 Å². The smallest absolute Gasteiger partial charge is 0.237 e. The molecule has 3 amide bonds. The summed E-state index contributed by atoms with van der Waals surface area (Å²) in [6.45, 7) is 5.06. The Balaban J connectivity index is 1.98. The molecule has 7 nitrogen and oxygen atoms in total. The first kappa shape index (κ1) is 20.9. The van der Waals surface area contributed by atoms with E-state index in [2.05, 4.69) is 10.6 Å². The Labute approximate surface area is 161 Å². The number of rotatable bonds is 7. The number of nitrogens with one attached hydrogen (secondary N) is 2. The summed E-state index contributed by atoms with van der Waals surface area (Å²) in [7, 11) is 3.39. The molecule has 0 unspecified atom stereocenters. The lowest BCUT2D eigenvalue weighted by atomic mass is 10.1. The highest BCUT2D eigenvalue weighted by Gasteiger charge is 2.38. The molecule has 0 radical (unpaired) electrons. The average molecular weight is 374 g/mol. The molecular weight excluding hydrogens is 344 g/mol. The Kier molecular flexibility index (Phi) is 7.36. The van der Waals surface area contributed by atoms with Crippen molar-refractivity contribution in [3.8, 4) is 0 Å². The largest absolute Gasteiger partial charge is 0.355 e. The van der Waals surface area contributed by atoms with Crippen molar-refractivity contribution in [1.29, 1.82) is 0 Å². The standard InChI is InChI=1S/C20H30N4O3/c1-5-21-20(27)17-11-16(12-24(17)13-19(26)23(3)4)22-18(25)10-15-8-6-14(2)7-9-15/h6-9,16-17H,5,10-13H2,1-4H3,(H,21,27)(H,22,25)/t16-,17-/m0/s1. The van der Waals surface area contributed by atoms with E-state index in [4.69, 9.17) is 0 Å². The molecule has 0 saturated carbocycles. The highest BCUT2D eigenvalue weighted by molar-refractivity contribution is 5.84. The summed E-state index contributed by atoms with van der Waals surface area (Å²) in [5.41, 5.74) is 2.11. The molecule has 1 aliphatic rings. The molecule has 148 valence electrons. The summed E-state index contributed by atoms with van der Waals surface area (Å²) in [4.78, 5) is 40.2. The lowest BCUT2D eigenvalue weighted by molar-refractivity contribution is -0.132. The van der Waals surface area contributed by atoms with Gasteiger partial charge in [0.2, 0.25) is 17.7 Å². The number of aryl methyl sites for hydroxylation is 1. The third-order valence-electron chi connectivity index (χ3n) is 4.74. The SMILES string of the molecule is CCNC(=O)[C@@H]1C[C@H](NC(=O)Cc2ccc(C)cc2)CN1CC(=O)N(C)C. The van der Waals surface area contributed by atoms with Gasteiger partial charge in [-0.1, -0.05) is 29.8 Å². The van der Waals surface area contributed by atoms with Crippen LogP contribution >= 0.6 is 0 Å². The van der Waals surface area contributed by atoms with E-state index >= 15 is 0 Å².